The predicted octanol–water partition coefficient (Wildman–Crippen LogP) is 0.433. The minimum Gasteiger partial charge on any atom is -0.367 e. The number of aromatic nitrogens is 3. The van der Waals surface area contributed by atoms with Crippen molar-refractivity contribution in [1.29, 1.82) is 0 Å². The fraction of sp³-hybridized carbons (Fsp3) is 0.714. The van der Waals surface area contributed by atoms with Crippen LogP contribution in [0.1, 0.15) is 32.6 Å². The molecular weight excluding hydrogens is 154 g/mol. The summed E-state index contributed by atoms with van der Waals surface area (Å²) in [7, 11) is 0. The molecule has 0 saturated heterocycles. The topological polar surface area (TPSA) is 93.6 Å². The first-order chi connectivity index (χ1) is 5.41. The van der Waals surface area contributed by atoms with Gasteiger partial charge in [0, 0.05) is 0 Å². The molecule has 12 heavy (non-hydrogen) atoms. The average molecular weight is 169 g/mol. The van der Waals surface area contributed by atoms with Crippen LogP contribution in [0.4, 0.5) is 5.95 Å². The summed E-state index contributed by atoms with van der Waals surface area (Å²) < 4.78 is 0. The highest BCUT2D eigenvalue weighted by atomic mass is 15.3. The van der Waals surface area contributed by atoms with E-state index in [1.54, 1.807) is 0 Å². The van der Waals surface area contributed by atoms with Crippen molar-refractivity contribution in [2.24, 2.45) is 11.1 Å². The lowest BCUT2D eigenvalue weighted by Crippen LogP contribution is -2.27. The average Bonchev–Trinajstić information content (AvgIpc) is 2.32. The number of aromatic amines is 1. The summed E-state index contributed by atoms with van der Waals surface area (Å²) in [6.45, 7) is 6.11. The lowest BCUT2D eigenvalue weighted by Gasteiger charge is -2.24. The van der Waals surface area contributed by atoms with Crippen LogP contribution in [0, 0.1) is 5.41 Å². The molecule has 1 aromatic rings. The zero-order chi connectivity index (χ0) is 9.35. The molecule has 0 aliphatic rings. The van der Waals surface area contributed by atoms with Crippen LogP contribution >= 0.6 is 0 Å². The summed E-state index contributed by atoms with van der Waals surface area (Å²) in [4.78, 5) is 3.96. The van der Waals surface area contributed by atoms with Gasteiger partial charge in [0.05, 0.1) is 6.04 Å². The lowest BCUT2D eigenvalue weighted by molar-refractivity contribution is 0.316. The normalized spacial score (nSPS) is 14.7. The minimum atomic E-state index is -0.165. The SMILES string of the molecule is CC(C)(C)[C@@H](N)c1nc(N)n[nH]1. The summed E-state index contributed by atoms with van der Waals surface area (Å²) in [5, 5.41) is 6.41. The summed E-state index contributed by atoms with van der Waals surface area (Å²) in [5.74, 6) is 0.879. The van der Waals surface area contributed by atoms with E-state index in [-0.39, 0.29) is 17.4 Å². The summed E-state index contributed by atoms with van der Waals surface area (Å²) in [6, 6.07) is -0.165. The van der Waals surface area contributed by atoms with Crippen LogP contribution in [-0.2, 0) is 0 Å². The molecule has 0 bridgehead atoms. The molecule has 1 atom stereocenters. The standard InChI is InChI=1S/C7H15N5/c1-7(2,3)4(8)5-10-6(9)12-11-5/h4H,8H2,1-3H3,(H3,9,10,11,12)/t4-/m0/s1. The Hall–Kier alpha value is -1.10. The van der Waals surface area contributed by atoms with Crippen LogP contribution < -0.4 is 11.5 Å². The molecule has 5 heteroatoms. The smallest absolute Gasteiger partial charge is 0.239 e. The van der Waals surface area contributed by atoms with Crippen LogP contribution in [0.5, 0.6) is 0 Å². The Morgan fingerprint density at radius 3 is 2.33 bits per heavy atom. The molecule has 0 radical (unpaired) electrons. The van der Waals surface area contributed by atoms with Gasteiger partial charge in [0.1, 0.15) is 5.82 Å². The van der Waals surface area contributed by atoms with Crippen LogP contribution in [0.3, 0.4) is 0 Å². The van der Waals surface area contributed by atoms with Gasteiger partial charge in [0.2, 0.25) is 5.95 Å². The van der Waals surface area contributed by atoms with Crippen LogP contribution in [0.2, 0.25) is 0 Å². The quantitative estimate of drug-likeness (QED) is 0.568. The number of nitrogens with zero attached hydrogens (tertiary/aromatic N) is 2. The van der Waals surface area contributed by atoms with Gasteiger partial charge < -0.3 is 11.5 Å². The Labute approximate surface area is 71.6 Å². The van der Waals surface area contributed by atoms with E-state index in [4.69, 9.17) is 11.5 Å². The maximum Gasteiger partial charge on any atom is 0.239 e. The largest absolute Gasteiger partial charge is 0.367 e. The van der Waals surface area contributed by atoms with Crippen LogP contribution in [-0.4, -0.2) is 15.2 Å². The number of rotatable bonds is 1. The molecule has 0 saturated carbocycles. The first-order valence-corrected chi connectivity index (χ1v) is 3.84. The Kier molecular flexibility index (Phi) is 2.06. The predicted molar refractivity (Wildman–Crippen MR) is 47.2 cm³/mol. The maximum absolute atomic E-state index is 5.90. The van der Waals surface area contributed by atoms with Crippen molar-refractivity contribution in [3.05, 3.63) is 5.82 Å². The Morgan fingerprint density at radius 1 is 1.42 bits per heavy atom. The molecule has 0 spiro atoms. The molecule has 1 aromatic heterocycles. The Balaban J connectivity index is 2.85. The van der Waals surface area contributed by atoms with Crippen molar-refractivity contribution < 1.29 is 0 Å². The number of nitrogen functional groups attached to an aromatic ring is 1. The van der Waals surface area contributed by atoms with Crippen molar-refractivity contribution in [3.8, 4) is 0 Å². The van der Waals surface area contributed by atoms with Gasteiger partial charge in [-0.2, -0.15) is 4.98 Å². The minimum absolute atomic E-state index is 0.0357. The van der Waals surface area contributed by atoms with Gasteiger partial charge >= 0.3 is 0 Å². The lowest BCUT2D eigenvalue weighted by atomic mass is 9.87. The van der Waals surface area contributed by atoms with Gasteiger partial charge in [-0.3, -0.25) is 5.10 Å². The van der Waals surface area contributed by atoms with Crippen molar-refractivity contribution in [2.75, 3.05) is 5.73 Å². The van der Waals surface area contributed by atoms with Crippen LogP contribution in [0.15, 0.2) is 0 Å². The van der Waals surface area contributed by atoms with E-state index in [0.717, 1.165) is 0 Å². The highest BCUT2D eigenvalue weighted by Gasteiger charge is 2.24. The molecule has 0 aromatic carbocycles. The van der Waals surface area contributed by atoms with Gasteiger partial charge in [-0.15, -0.1) is 5.10 Å². The van der Waals surface area contributed by atoms with Gasteiger partial charge in [0.25, 0.3) is 0 Å². The molecule has 0 amide bonds. The number of hydrogen-bond acceptors (Lipinski definition) is 4. The van der Waals surface area contributed by atoms with E-state index in [9.17, 15) is 0 Å². The third kappa shape index (κ3) is 1.73. The third-order valence-corrected chi connectivity index (χ3v) is 1.75. The van der Waals surface area contributed by atoms with E-state index in [1.807, 2.05) is 20.8 Å². The second-order valence-corrected chi connectivity index (χ2v) is 3.92. The zero-order valence-electron chi connectivity index (χ0n) is 7.63. The summed E-state index contributed by atoms with van der Waals surface area (Å²) in [6.07, 6.45) is 0. The van der Waals surface area contributed by atoms with Crippen molar-refractivity contribution in [1.82, 2.24) is 15.2 Å². The maximum atomic E-state index is 5.90. The number of nitrogens with two attached hydrogens (primary N) is 2. The van der Waals surface area contributed by atoms with E-state index in [0.29, 0.717) is 5.82 Å². The molecule has 1 rings (SSSR count). The van der Waals surface area contributed by atoms with E-state index in [1.165, 1.54) is 0 Å². The highest BCUT2D eigenvalue weighted by molar-refractivity contribution is 5.14. The molecule has 5 nitrogen and oxygen atoms in total. The molecule has 0 fully saturated rings. The monoisotopic (exact) mass is 169 g/mol. The van der Waals surface area contributed by atoms with Gasteiger partial charge in [0.15, 0.2) is 0 Å². The molecular formula is C7H15N5. The Bertz CT molecular complexity index is 259. The first-order valence-electron chi connectivity index (χ1n) is 3.84. The molecule has 1 heterocycles. The molecule has 5 N–H and O–H groups in total. The fourth-order valence-corrected chi connectivity index (χ4v) is 0.837. The second-order valence-electron chi connectivity index (χ2n) is 3.92. The number of nitrogens with one attached hydrogen (secondary N) is 1. The Morgan fingerprint density at radius 2 is 2.00 bits per heavy atom. The number of hydrogen-bond donors (Lipinski definition) is 3. The third-order valence-electron chi connectivity index (χ3n) is 1.75. The fourth-order valence-electron chi connectivity index (χ4n) is 0.837. The molecule has 0 aliphatic carbocycles. The first kappa shape index (κ1) is 8.99. The van der Waals surface area contributed by atoms with Gasteiger partial charge in [-0.1, -0.05) is 20.8 Å². The van der Waals surface area contributed by atoms with Gasteiger partial charge in [-0.25, -0.2) is 0 Å². The highest BCUT2D eigenvalue weighted by Crippen LogP contribution is 2.28. The molecule has 0 aliphatic heterocycles. The number of H-pyrrole nitrogens is 1. The second kappa shape index (κ2) is 2.75. The molecule has 0 unspecified atom stereocenters. The summed E-state index contributed by atoms with van der Waals surface area (Å²) in [5.41, 5.74) is 11.2. The van der Waals surface area contributed by atoms with Crippen LogP contribution in [0.25, 0.3) is 0 Å². The van der Waals surface area contributed by atoms with Crippen molar-refractivity contribution in [2.45, 2.75) is 26.8 Å². The van der Waals surface area contributed by atoms with E-state index >= 15 is 0 Å². The summed E-state index contributed by atoms with van der Waals surface area (Å²) >= 11 is 0. The van der Waals surface area contributed by atoms with Gasteiger partial charge in [-0.05, 0) is 5.41 Å². The van der Waals surface area contributed by atoms with E-state index in [2.05, 4.69) is 15.2 Å². The van der Waals surface area contributed by atoms with E-state index < -0.39 is 0 Å². The van der Waals surface area contributed by atoms with Crippen molar-refractivity contribution >= 4 is 5.95 Å². The number of anilines is 1. The molecule has 68 valence electrons. The van der Waals surface area contributed by atoms with Crippen molar-refractivity contribution in [3.63, 3.8) is 0 Å². The zero-order valence-corrected chi connectivity index (χ0v) is 7.63.